The van der Waals surface area contributed by atoms with E-state index < -0.39 is 6.09 Å². The third-order valence-corrected chi connectivity index (χ3v) is 4.97. The largest absolute Gasteiger partial charge is 0.445 e. The minimum Gasteiger partial charge on any atom is -0.445 e. The van der Waals surface area contributed by atoms with Gasteiger partial charge in [0.2, 0.25) is 0 Å². The quantitative estimate of drug-likeness (QED) is 0.381. The van der Waals surface area contributed by atoms with Gasteiger partial charge in [-0.05, 0) is 35.9 Å². The molecule has 0 aliphatic rings. The molecule has 2 amide bonds. The number of aromatic nitrogens is 2. The third kappa shape index (κ3) is 5.95. The van der Waals surface area contributed by atoms with Crippen LogP contribution in [-0.2, 0) is 17.9 Å². The Kier molecular flexibility index (Phi) is 7.09. The molecule has 0 radical (unpaired) electrons. The van der Waals surface area contributed by atoms with Gasteiger partial charge in [-0.25, -0.2) is 9.78 Å². The van der Waals surface area contributed by atoms with E-state index in [9.17, 15) is 9.59 Å². The van der Waals surface area contributed by atoms with Crippen molar-refractivity contribution in [2.24, 2.45) is 0 Å². The molecule has 4 aromatic rings. The molecule has 34 heavy (non-hydrogen) atoms. The van der Waals surface area contributed by atoms with Gasteiger partial charge in [0.1, 0.15) is 6.61 Å². The van der Waals surface area contributed by atoms with Crippen LogP contribution in [0.3, 0.4) is 0 Å². The summed E-state index contributed by atoms with van der Waals surface area (Å²) in [7, 11) is 0. The highest BCUT2D eigenvalue weighted by molar-refractivity contribution is 6.05. The molecule has 4 N–H and O–H groups in total. The van der Waals surface area contributed by atoms with E-state index in [0.717, 1.165) is 16.7 Å². The van der Waals surface area contributed by atoms with Gasteiger partial charge in [0, 0.05) is 35.6 Å². The summed E-state index contributed by atoms with van der Waals surface area (Å²) in [5.74, 6) is -0.0340. The number of anilines is 2. The molecular formula is C26H23N5O3. The first-order valence-electron chi connectivity index (χ1n) is 10.6. The molecule has 4 rings (SSSR count). The van der Waals surface area contributed by atoms with Crippen LogP contribution in [0.4, 0.5) is 16.3 Å². The lowest BCUT2D eigenvalue weighted by Gasteiger charge is -2.10. The van der Waals surface area contributed by atoms with E-state index in [-0.39, 0.29) is 19.1 Å². The van der Waals surface area contributed by atoms with Gasteiger partial charge >= 0.3 is 6.09 Å². The van der Waals surface area contributed by atoms with Gasteiger partial charge < -0.3 is 21.1 Å². The van der Waals surface area contributed by atoms with Gasteiger partial charge in [0.15, 0.2) is 5.82 Å². The molecule has 170 valence electrons. The lowest BCUT2D eigenvalue weighted by atomic mass is 10.1. The zero-order chi connectivity index (χ0) is 23.8. The van der Waals surface area contributed by atoms with Gasteiger partial charge in [0.25, 0.3) is 5.91 Å². The molecule has 0 atom stereocenters. The van der Waals surface area contributed by atoms with Crippen LogP contribution in [0.1, 0.15) is 21.5 Å². The number of hydrogen-bond acceptors (Lipinski definition) is 6. The van der Waals surface area contributed by atoms with E-state index in [2.05, 4.69) is 20.6 Å². The van der Waals surface area contributed by atoms with Crippen molar-refractivity contribution in [1.82, 2.24) is 15.3 Å². The van der Waals surface area contributed by atoms with Gasteiger partial charge in [-0.2, -0.15) is 0 Å². The van der Waals surface area contributed by atoms with E-state index in [0.29, 0.717) is 22.8 Å². The minimum atomic E-state index is -0.537. The number of nitrogens with two attached hydrogens (primary N) is 1. The molecule has 2 aromatic carbocycles. The molecule has 0 aliphatic heterocycles. The summed E-state index contributed by atoms with van der Waals surface area (Å²) in [5.41, 5.74) is 10.1. The lowest BCUT2D eigenvalue weighted by molar-refractivity contribution is 0.102. The molecule has 2 aromatic heterocycles. The number of carbonyl (C=O) groups excluding carboxylic acids is 2. The van der Waals surface area contributed by atoms with E-state index >= 15 is 0 Å². The lowest BCUT2D eigenvalue weighted by Crippen LogP contribution is -2.23. The van der Waals surface area contributed by atoms with Crippen molar-refractivity contribution >= 4 is 23.5 Å². The number of benzene rings is 2. The smallest absolute Gasteiger partial charge is 0.407 e. The standard InChI is InChI=1S/C26H23N5O3/c27-22-12-13-23(20-6-2-1-3-7-20)30-24(22)31-25(32)21-10-8-18(9-11-21)16-29-26(33)34-17-19-5-4-14-28-15-19/h1-15H,16-17,27H2,(H,29,33)(H,30,31,32). The number of hydrogen-bond donors (Lipinski definition) is 3. The first-order chi connectivity index (χ1) is 16.6. The molecule has 2 heterocycles. The number of nitrogens with one attached hydrogen (secondary N) is 2. The second-order valence-corrected chi connectivity index (χ2v) is 7.44. The molecule has 0 unspecified atom stereocenters. The first-order valence-corrected chi connectivity index (χ1v) is 10.6. The Morgan fingerprint density at radius 2 is 1.68 bits per heavy atom. The van der Waals surface area contributed by atoms with E-state index in [1.807, 2.05) is 42.5 Å². The average molecular weight is 454 g/mol. The molecule has 8 nitrogen and oxygen atoms in total. The number of rotatable bonds is 7. The van der Waals surface area contributed by atoms with Crippen LogP contribution >= 0.6 is 0 Å². The summed E-state index contributed by atoms with van der Waals surface area (Å²) in [4.78, 5) is 33.1. The van der Waals surface area contributed by atoms with Crippen molar-refractivity contribution in [1.29, 1.82) is 0 Å². The van der Waals surface area contributed by atoms with Crippen LogP contribution in [0.15, 0.2) is 91.3 Å². The van der Waals surface area contributed by atoms with Crippen molar-refractivity contribution in [3.05, 3.63) is 108 Å². The van der Waals surface area contributed by atoms with Crippen LogP contribution in [0.2, 0.25) is 0 Å². The highest BCUT2D eigenvalue weighted by Crippen LogP contribution is 2.23. The normalized spacial score (nSPS) is 10.4. The molecule has 0 bridgehead atoms. The number of amides is 2. The monoisotopic (exact) mass is 453 g/mol. The SMILES string of the molecule is Nc1ccc(-c2ccccc2)nc1NC(=O)c1ccc(CNC(=O)OCc2cccnc2)cc1. The van der Waals surface area contributed by atoms with Crippen molar-refractivity contribution < 1.29 is 14.3 Å². The molecule has 0 aliphatic carbocycles. The summed E-state index contributed by atoms with van der Waals surface area (Å²) in [6.07, 6.45) is 2.75. The number of pyridine rings is 2. The van der Waals surface area contributed by atoms with Crippen molar-refractivity contribution in [2.75, 3.05) is 11.1 Å². The average Bonchev–Trinajstić information content (AvgIpc) is 2.89. The minimum absolute atomic E-state index is 0.140. The molecule has 0 spiro atoms. The maximum Gasteiger partial charge on any atom is 0.407 e. The van der Waals surface area contributed by atoms with Crippen LogP contribution in [0, 0.1) is 0 Å². The summed E-state index contributed by atoms with van der Waals surface area (Å²) in [6, 6.07) is 23.6. The van der Waals surface area contributed by atoms with Crippen molar-refractivity contribution in [3.63, 3.8) is 0 Å². The first kappa shape index (κ1) is 22.5. The second kappa shape index (κ2) is 10.7. The fourth-order valence-electron chi connectivity index (χ4n) is 3.15. The van der Waals surface area contributed by atoms with Crippen molar-refractivity contribution in [2.45, 2.75) is 13.2 Å². The predicted octanol–water partition coefficient (Wildman–Crippen LogP) is 4.40. The Bertz CT molecular complexity index is 1260. The van der Waals surface area contributed by atoms with Gasteiger partial charge in [-0.15, -0.1) is 0 Å². The van der Waals surface area contributed by atoms with Crippen LogP contribution in [0.25, 0.3) is 11.3 Å². The zero-order valence-electron chi connectivity index (χ0n) is 18.3. The number of nitrogen functional groups attached to an aromatic ring is 1. The van der Waals surface area contributed by atoms with Crippen molar-refractivity contribution in [3.8, 4) is 11.3 Å². The Balaban J connectivity index is 1.32. The topological polar surface area (TPSA) is 119 Å². The molecule has 0 saturated carbocycles. The van der Waals surface area contributed by atoms with E-state index in [1.165, 1.54) is 0 Å². The fourth-order valence-corrected chi connectivity index (χ4v) is 3.15. The number of ether oxygens (including phenoxy) is 1. The summed E-state index contributed by atoms with van der Waals surface area (Å²) in [5, 5.41) is 5.45. The maximum atomic E-state index is 12.7. The Labute approximate surface area is 196 Å². The Morgan fingerprint density at radius 1 is 0.882 bits per heavy atom. The number of alkyl carbamates (subject to hydrolysis) is 1. The maximum absolute atomic E-state index is 12.7. The van der Waals surface area contributed by atoms with Crippen LogP contribution < -0.4 is 16.4 Å². The van der Waals surface area contributed by atoms with Gasteiger partial charge in [-0.1, -0.05) is 48.5 Å². The van der Waals surface area contributed by atoms with Gasteiger partial charge in [-0.3, -0.25) is 9.78 Å². The number of carbonyl (C=O) groups is 2. The highest BCUT2D eigenvalue weighted by Gasteiger charge is 2.11. The highest BCUT2D eigenvalue weighted by atomic mass is 16.5. The predicted molar refractivity (Wildman–Crippen MR) is 130 cm³/mol. The number of nitrogens with zero attached hydrogens (tertiary/aromatic N) is 2. The van der Waals surface area contributed by atoms with E-state index in [1.54, 1.807) is 48.8 Å². The van der Waals surface area contributed by atoms with Gasteiger partial charge in [0.05, 0.1) is 11.4 Å². The molecule has 0 saturated heterocycles. The summed E-state index contributed by atoms with van der Waals surface area (Å²) < 4.78 is 5.16. The Morgan fingerprint density at radius 3 is 2.41 bits per heavy atom. The fraction of sp³-hybridized carbons (Fsp3) is 0.0769. The third-order valence-electron chi connectivity index (χ3n) is 4.97. The summed E-state index contributed by atoms with van der Waals surface area (Å²) in [6.45, 7) is 0.406. The second-order valence-electron chi connectivity index (χ2n) is 7.44. The molecule has 8 heteroatoms. The van der Waals surface area contributed by atoms with Crippen LogP contribution in [0.5, 0.6) is 0 Å². The van der Waals surface area contributed by atoms with Crippen LogP contribution in [-0.4, -0.2) is 22.0 Å². The summed E-state index contributed by atoms with van der Waals surface area (Å²) >= 11 is 0. The molecule has 0 fully saturated rings. The molecular weight excluding hydrogens is 430 g/mol. The Hall–Kier alpha value is -4.72. The van der Waals surface area contributed by atoms with E-state index in [4.69, 9.17) is 10.5 Å². The zero-order valence-corrected chi connectivity index (χ0v) is 18.3.